The predicted octanol–water partition coefficient (Wildman–Crippen LogP) is 3.56. The molecule has 6 rings (SSSR count). The van der Waals surface area contributed by atoms with Crippen molar-refractivity contribution in [3.63, 3.8) is 0 Å². The lowest BCUT2D eigenvalue weighted by Gasteiger charge is -2.31. The van der Waals surface area contributed by atoms with Crippen LogP contribution in [0.2, 0.25) is 0 Å². The van der Waals surface area contributed by atoms with Crippen molar-refractivity contribution < 1.29 is 17.9 Å². The Morgan fingerprint density at radius 2 is 1.84 bits per heavy atom. The van der Waals surface area contributed by atoms with Gasteiger partial charge >= 0.3 is 6.18 Å². The first-order valence-corrected chi connectivity index (χ1v) is 13.1. The van der Waals surface area contributed by atoms with E-state index in [2.05, 4.69) is 25.5 Å². The number of likely N-dealkylation sites (tertiary alicyclic amines) is 1. The third-order valence-corrected chi connectivity index (χ3v) is 8.37. The number of ether oxygens (including phenoxy) is 1. The number of hydrogen-bond donors (Lipinski definition) is 1. The summed E-state index contributed by atoms with van der Waals surface area (Å²) in [5.74, 6) is 1.49. The second-order valence-corrected chi connectivity index (χ2v) is 11.5. The van der Waals surface area contributed by atoms with Gasteiger partial charge in [0.15, 0.2) is 5.82 Å². The summed E-state index contributed by atoms with van der Waals surface area (Å²) < 4.78 is 49.7. The molecule has 3 aromatic rings. The lowest BCUT2D eigenvalue weighted by molar-refractivity contribution is -0.137. The summed E-state index contributed by atoms with van der Waals surface area (Å²) in [6.45, 7) is 4.86. The maximum absolute atomic E-state index is 14.2. The number of aromatic nitrogens is 4. The summed E-state index contributed by atoms with van der Waals surface area (Å²) in [6, 6.07) is 6.43. The minimum absolute atomic E-state index is 0.180. The molecule has 196 valence electrons. The van der Waals surface area contributed by atoms with Gasteiger partial charge in [-0.1, -0.05) is 6.07 Å². The summed E-state index contributed by atoms with van der Waals surface area (Å²) in [7, 11) is 3.84. The van der Waals surface area contributed by atoms with E-state index in [1.165, 1.54) is 0 Å². The molecule has 1 N–H and O–H groups in total. The van der Waals surface area contributed by atoms with Gasteiger partial charge in [-0.2, -0.15) is 18.3 Å². The fourth-order valence-corrected chi connectivity index (χ4v) is 6.72. The van der Waals surface area contributed by atoms with Crippen molar-refractivity contribution in [2.24, 2.45) is 24.8 Å². The van der Waals surface area contributed by atoms with Crippen molar-refractivity contribution in [2.45, 2.75) is 37.3 Å². The van der Waals surface area contributed by atoms with E-state index in [0.717, 1.165) is 75.5 Å². The minimum Gasteiger partial charge on any atom is -0.381 e. The molecule has 1 aromatic carbocycles. The van der Waals surface area contributed by atoms with Crippen molar-refractivity contribution in [3.05, 3.63) is 36.0 Å². The molecule has 0 unspecified atom stereocenters. The average Bonchev–Trinajstić information content (AvgIpc) is 3.48. The topological polar surface area (TPSA) is 68.1 Å². The molecule has 4 heterocycles. The monoisotopic (exact) mass is 512 g/mol. The van der Waals surface area contributed by atoms with Crippen LogP contribution in [0, 0.1) is 17.8 Å². The molecule has 3 aliphatic rings. The Bertz CT molecular complexity index is 1280. The standard InChI is InChI=1S/C26H32BF3N6O/c1-35-13-18-8-17(2-3-22(18)34-35)23-9-21(26(28,29)30)24(33-32-23)31-25(27)10-19-14-36(15-20(19)11-25)12-16-4-6-37-7-5-16/h2-3,8-9,13,16,19-20H,4-7,10-12,14-15,27H2,1H3,(H,31,33)/t19-,20+,25+. The molecule has 11 heteroatoms. The van der Waals surface area contributed by atoms with Gasteiger partial charge in [0, 0.05) is 62.5 Å². The second-order valence-electron chi connectivity index (χ2n) is 11.5. The van der Waals surface area contributed by atoms with Gasteiger partial charge < -0.3 is 15.0 Å². The minimum atomic E-state index is -4.54. The number of fused-ring (bicyclic) bond motifs is 2. The fourth-order valence-electron chi connectivity index (χ4n) is 6.72. The maximum Gasteiger partial charge on any atom is 0.420 e. The highest BCUT2D eigenvalue weighted by atomic mass is 19.4. The number of hydrogen-bond acceptors (Lipinski definition) is 6. The molecule has 1 aliphatic carbocycles. The van der Waals surface area contributed by atoms with Gasteiger partial charge in [0.1, 0.15) is 13.4 Å². The van der Waals surface area contributed by atoms with Crippen LogP contribution in [0.3, 0.4) is 0 Å². The molecule has 2 saturated heterocycles. The Morgan fingerprint density at radius 3 is 2.54 bits per heavy atom. The van der Waals surface area contributed by atoms with E-state index >= 15 is 0 Å². The number of nitrogens with zero attached hydrogens (tertiary/aromatic N) is 5. The Kier molecular flexibility index (Phi) is 6.18. The van der Waals surface area contributed by atoms with Crippen molar-refractivity contribution >= 4 is 24.6 Å². The largest absolute Gasteiger partial charge is 0.420 e. The number of benzene rings is 1. The van der Waals surface area contributed by atoms with Crippen molar-refractivity contribution in [3.8, 4) is 11.3 Å². The third kappa shape index (κ3) is 5.08. The first kappa shape index (κ1) is 24.7. The highest BCUT2D eigenvalue weighted by Crippen LogP contribution is 2.45. The van der Waals surface area contributed by atoms with E-state index in [1.54, 1.807) is 22.9 Å². The summed E-state index contributed by atoms with van der Waals surface area (Å²) in [6.07, 6.45) is 1.19. The fraction of sp³-hybridized carbons (Fsp3) is 0.577. The van der Waals surface area contributed by atoms with E-state index < -0.39 is 17.2 Å². The highest BCUT2D eigenvalue weighted by molar-refractivity contribution is 6.17. The Morgan fingerprint density at radius 1 is 1.11 bits per heavy atom. The highest BCUT2D eigenvalue weighted by Gasteiger charge is 2.48. The molecule has 0 amide bonds. The van der Waals surface area contributed by atoms with E-state index in [4.69, 9.17) is 4.74 Å². The molecule has 0 spiro atoms. The van der Waals surface area contributed by atoms with Gasteiger partial charge in [-0.25, -0.2) is 0 Å². The first-order valence-electron chi connectivity index (χ1n) is 13.1. The number of halogens is 3. The Labute approximate surface area is 215 Å². The van der Waals surface area contributed by atoms with E-state index in [0.29, 0.717) is 23.3 Å². The molecule has 2 aliphatic heterocycles. The zero-order chi connectivity index (χ0) is 25.8. The molecule has 2 aromatic heterocycles. The van der Waals surface area contributed by atoms with E-state index in [-0.39, 0.29) is 11.5 Å². The Balaban J connectivity index is 1.18. The average molecular weight is 512 g/mol. The molecule has 1 saturated carbocycles. The number of nitrogens with one attached hydrogen (secondary N) is 1. The Hall–Kier alpha value is -2.66. The van der Waals surface area contributed by atoms with Crippen LogP contribution in [0.1, 0.15) is 31.2 Å². The molecule has 7 nitrogen and oxygen atoms in total. The predicted molar refractivity (Wildman–Crippen MR) is 138 cm³/mol. The van der Waals surface area contributed by atoms with Crippen LogP contribution in [-0.4, -0.2) is 71.0 Å². The molecular formula is C26H32BF3N6O. The maximum atomic E-state index is 14.2. The molecule has 0 radical (unpaired) electrons. The lowest BCUT2D eigenvalue weighted by Crippen LogP contribution is -2.40. The van der Waals surface area contributed by atoms with Crippen LogP contribution in [0.25, 0.3) is 22.2 Å². The molecule has 0 bridgehead atoms. The van der Waals surface area contributed by atoms with Crippen LogP contribution in [-0.2, 0) is 18.0 Å². The van der Waals surface area contributed by atoms with Gasteiger partial charge in [-0.3, -0.25) is 4.68 Å². The van der Waals surface area contributed by atoms with Crippen molar-refractivity contribution in [1.29, 1.82) is 0 Å². The first-order chi connectivity index (χ1) is 17.6. The second kappa shape index (κ2) is 9.27. The van der Waals surface area contributed by atoms with Gasteiger partial charge in [-0.15, -0.1) is 10.2 Å². The van der Waals surface area contributed by atoms with Crippen molar-refractivity contribution in [2.75, 3.05) is 38.2 Å². The van der Waals surface area contributed by atoms with Crippen LogP contribution < -0.4 is 5.32 Å². The normalized spacial score (nSPS) is 27.1. The molecule has 3 fully saturated rings. The summed E-state index contributed by atoms with van der Waals surface area (Å²) >= 11 is 0. The van der Waals surface area contributed by atoms with Gasteiger partial charge in [0.05, 0.1) is 11.2 Å². The summed E-state index contributed by atoms with van der Waals surface area (Å²) in [4.78, 5) is 2.56. The molecule has 37 heavy (non-hydrogen) atoms. The summed E-state index contributed by atoms with van der Waals surface area (Å²) in [5.41, 5.74) is 0.338. The van der Waals surface area contributed by atoms with Crippen LogP contribution in [0.4, 0.5) is 19.0 Å². The zero-order valence-electron chi connectivity index (χ0n) is 21.3. The van der Waals surface area contributed by atoms with Gasteiger partial charge in [-0.05, 0) is 61.6 Å². The number of alkyl halides is 3. The quantitative estimate of drug-likeness (QED) is 0.528. The SMILES string of the molecule is B[C@@]1(Nc2nnc(-c3ccc4nn(C)cc4c3)cc2C(F)(F)F)C[C@H]2CN(CC3CCOCC3)C[C@H]2C1. The third-order valence-electron chi connectivity index (χ3n) is 8.37. The van der Waals surface area contributed by atoms with Crippen molar-refractivity contribution in [1.82, 2.24) is 24.9 Å². The van der Waals surface area contributed by atoms with Gasteiger partial charge in [0.25, 0.3) is 0 Å². The zero-order valence-corrected chi connectivity index (χ0v) is 21.3. The number of rotatable bonds is 5. The van der Waals surface area contributed by atoms with E-state index in [1.807, 2.05) is 21.1 Å². The number of aryl methyl sites for hydroxylation is 1. The van der Waals surface area contributed by atoms with E-state index in [9.17, 15) is 13.2 Å². The van der Waals surface area contributed by atoms with Crippen LogP contribution in [0.15, 0.2) is 30.5 Å². The van der Waals surface area contributed by atoms with Gasteiger partial charge in [0.2, 0.25) is 0 Å². The smallest absolute Gasteiger partial charge is 0.381 e. The summed E-state index contributed by atoms with van der Waals surface area (Å²) in [5, 5.41) is 16.6. The van der Waals surface area contributed by atoms with Crippen LogP contribution in [0.5, 0.6) is 0 Å². The molecule has 3 atom stereocenters. The number of anilines is 1. The van der Waals surface area contributed by atoms with Crippen LogP contribution >= 0.6 is 0 Å². The molecular weight excluding hydrogens is 480 g/mol. The lowest BCUT2D eigenvalue weighted by atomic mass is 9.75.